The molecule has 0 aliphatic rings. The van der Waals surface area contributed by atoms with Gasteiger partial charge in [-0.3, -0.25) is 4.79 Å². The molecule has 0 heterocycles. The summed E-state index contributed by atoms with van der Waals surface area (Å²) in [5.74, 6) is -0.0666. The van der Waals surface area contributed by atoms with E-state index in [-0.39, 0.29) is 11.3 Å². The second-order valence-corrected chi connectivity index (χ2v) is 4.86. The van der Waals surface area contributed by atoms with E-state index in [2.05, 4.69) is 5.32 Å². The van der Waals surface area contributed by atoms with Crippen molar-refractivity contribution in [2.45, 2.75) is 13.8 Å². The van der Waals surface area contributed by atoms with Crippen molar-refractivity contribution in [2.75, 3.05) is 18.2 Å². The summed E-state index contributed by atoms with van der Waals surface area (Å²) in [6.07, 6.45) is 0. The summed E-state index contributed by atoms with van der Waals surface area (Å²) in [4.78, 5) is 12.3. The summed E-state index contributed by atoms with van der Waals surface area (Å²) in [7, 11) is 1.50. The Morgan fingerprint density at radius 1 is 1.19 bits per heavy atom. The fraction of sp³-hybridized carbons (Fsp3) is 0.188. The molecule has 0 aliphatic heterocycles. The van der Waals surface area contributed by atoms with Crippen molar-refractivity contribution >= 4 is 17.3 Å². The molecule has 2 aromatic rings. The van der Waals surface area contributed by atoms with E-state index in [1.807, 2.05) is 13.8 Å². The third-order valence-electron chi connectivity index (χ3n) is 3.36. The number of carbonyl (C=O) groups is 1. The van der Waals surface area contributed by atoms with E-state index in [1.165, 1.54) is 19.2 Å². The van der Waals surface area contributed by atoms with Crippen molar-refractivity contribution in [3.63, 3.8) is 0 Å². The lowest BCUT2D eigenvalue weighted by atomic mass is 10.1. The highest BCUT2D eigenvalue weighted by atomic mass is 16.5. The predicted molar refractivity (Wildman–Crippen MR) is 82.9 cm³/mol. The molecule has 0 bridgehead atoms. The average molecular weight is 286 g/mol. The van der Waals surface area contributed by atoms with Crippen LogP contribution >= 0.6 is 0 Å². The molecule has 0 spiro atoms. The molecule has 1 amide bonds. The van der Waals surface area contributed by atoms with Crippen LogP contribution in [0.15, 0.2) is 30.3 Å². The lowest BCUT2D eigenvalue weighted by molar-refractivity contribution is 0.102. The molecule has 0 fully saturated rings. The van der Waals surface area contributed by atoms with Crippen LogP contribution in [-0.2, 0) is 0 Å². The van der Waals surface area contributed by atoms with Crippen molar-refractivity contribution in [2.24, 2.45) is 0 Å². The smallest absolute Gasteiger partial charge is 0.259 e. The fourth-order valence-corrected chi connectivity index (χ4v) is 1.96. The maximum absolute atomic E-state index is 12.3. The highest BCUT2D eigenvalue weighted by Gasteiger charge is 2.14. The topological polar surface area (TPSA) is 84.6 Å². The van der Waals surface area contributed by atoms with E-state index in [0.717, 1.165) is 11.1 Å². The molecule has 0 aromatic heterocycles. The van der Waals surface area contributed by atoms with Crippen molar-refractivity contribution in [3.05, 3.63) is 47.0 Å². The van der Waals surface area contributed by atoms with Crippen LogP contribution < -0.4 is 15.8 Å². The Bertz CT molecular complexity index is 696. The molecular weight excluding hydrogens is 268 g/mol. The zero-order valence-electron chi connectivity index (χ0n) is 12.2. The molecule has 4 N–H and O–H groups in total. The maximum atomic E-state index is 12.3. The number of nitrogen functional groups attached to an aromatic ring is 1. The van der Waals surface area contributed by atoms with Crippen molar-refractivity contribution < 1.29 is 14.6 Å². The summed E-state index contributed by atoms with van der Waals surface area (Å²) in [5.41, 5.74) is 9.11. The van der Waals surface area contributed by atoms with Gasteiger partial charge in [-0.25, -0.2) is 0 Å². The highest BCUT2D eigenvalue weighted by molar-refractivity contribution is 6.07. The Morgan fingerprint density at radius 3 is 2.52 bits per heavy atom. The molecular formula is C16H18N2O3. The van der Waals surface area contributed by atoms with Crippen LogP contribution in [0.5, 0.6) is 11.5 Å². The van der Waals surface area contributed by atoms with Gasteiger partial charge >= 0.3 is 0 Å². The van der Waals surface area contributed by atoms with Crippen LogP contribution in [0.3, 0.4) is 0 Å². The van der Waals surface area contributed by atoms with E-state index >= 15 is 0 Å². The number of nitrogens with two attached hydrogens (primary N) is 1. The molecule has 21 heavy (non-hydrogen) atoms. The van der Waals surface area contributed by atoms with Gasteiger partial charge in [0, 0.05) is 0 Å². The standard InChI is InChI=1S/C16H18N2O3/c1-9-6-13(17)14(7-10(9)2)18-16(20)12-8-11(21-3)4-5-15(12)19/h4-8,19H,17H2,1-3H3,(H,18,20). The molecule has 5 nitrogen and oxygen atoms in total. The van der Waals surface area contributed by atoms with E-state index in [1.54, 1.807) is 18.2 Å². The van der Waals surface area contributed by atoms with Crippen LogP contribution in [-0.4, -0.2) is 18.1 Å². The van der Waals surface area contributed by atoms with Crippen molar-refractivity contribution in [3.8, 4) is 11.5 Å². The summed E-state index contributed by atoms with van der Waals surface area (Å²) >= 11 is 0. The largest absolute Gasteiger partial charge is 0.507 e. The van der Waals surface area contributed by atoms with Crippen LogP contribution in [0.2, 0.25) is 0 Å². The zero-order chi connectivity index (χ0) is 15.6. The van der Waals surface area contributed by atoms with E-state index in [0.29, 0.717) is 17.1 Å². The number of ether oxygens (including phenoxy) is 1. The number of methoxy groups -OCH3 is 1. The van der Waals surface area contributed by atoms with Crippen LogP contribution in [0.25, 0.3) is 0 Å². The summed E-state index contributed by atoms with van der Waals surface area (Å²) < 4.78 is 5.05. The number of hydrogen-bond acceptors (Lipinski definition) is 4. The number of carbonyl (C=O) groups excluding carboxylic acids is 1. The van der Waals surface area contributed by atoms with Crippen molar-refractivity contribution in [1.82, 2.24) is 0 Å². The Balaban J connectivity index is 2.32. The van der Waals surface area contributed by atoms with Gasteiger partial charge < -0.3 is 20.9 Å². The fourth-order valence-electron chi connectivity index (χ4n) is 1.96. The van der Waals surface area contributed by atoms with Gasteiger partial charge in [-0.2, -0.15) is 0 Å². The number of nitrogens with one attached hydrogen (secondary N) is 1. The molecule has 0 saturated heterocycles. The number of hydrogen-bond donors (Lipinski definition) is 3. The van der Waals surface area contributed by atoms with Gasteiger partial charge in [0.2, 0.25) is 0 Å². The minimum atomic E-state index is -0.443. The van der Waals surface area contributed by atoms with Gasteiger partial charge in [0.05, 0.1) is 24.0 Å². The SMILES string of the molecule is COc1ccc(O)c(C(=O)Nc2cc(C)c(C)cc2N)c1. The molecule has 0 unspecified atom stereocenters. The Morgan fingerprint density at radius 2 is 1.86 bits per heavy atom. The van der Waals surface area contributed by atoms with Crippen LogP contribution in [0.1, 0.15) is 21.5 Å². The van der Waals surface area contributed by atoms with E-state index < -0.39 is 5.91 Å². The zero-order valence-corrected chi connectivity index (χ0v) is 12.2. The lowest BCUT2D eigenvalue weighted by Gasteiger charge is -2.12. The molecule has 2 rings (SSSR count). The van der Waals surface area contributed by atoms with Crippen molar-refractivity contribution in [1.29, 1.82) is 0 Å². The second kappa shape index (κ2) is 5.75. The predicted octanol–water partition coefficient (Wildman–Crippen LogP) is 2.85. The Hall–Kier alpha value is -2.69. The summed E-state index contributed by atoms with van der Waals surface area (Å²) in [5, 5.41) is 12.5. The monoisotopic (exact) mass is 286 g/mol. The molecule has 110 valence electrons. The van der Waals surface area contributed by atoms with Crippen LogP contribution in [0, 0.1) is 13.8 Å². The van der Waals surface area contributed by atoms with Gasteiger partial charge in [0.15, 0.2) is 0 Å². The quantitative estimate of drug-likeness (QED) is 0.757. The third-order valence-corrected chi connectivity index (χ3v) is 3.36. The van der Waals surface area contributed by atoms with Gasteiger partial charge in [0.1, 0.15) is 11.5 Å². The number of aryl methyl sites for hydroxylation is 2. The second-order valence-electron chi connectivity index (χ2n) is 4.86. The molecule has 5 heteroatoms. The Labute approximate surface area is 123 Å². The number of rotatable bonds is 3. The number of anilines is 2. The lowest BCUT2D eigenvalue weighted by Crippen LogP contribution is -2.14. The highest BCUT2D eigenvalue weighted by Crippen LogP contribution is 2.27. The van der Waals surface area contributed by atoms with E-state index in [9.17, 15) is 9.90 Å². The Kier molecular flexibility index (Phi) is 4.03. The molecule has 0 saturated carbocycles. The molecule has 2 aromatic carbocycles. The van der Waals surface area contributed by atoms with E-state index in [4.69, 9.17) is 10.5 Å². The van der Waals surface area contributed by atoms with Crippen LogP contribution in [0.4, 0.5) is 11.4 Å². The first kappa shape index (κ1) is 14.7. The van der Waals surface area contributed by atoms with Gasteiger partial charge in [0.25, 0.3) is 5.91 Å². The maximum Gasteiger partial charge on any atom is 0.259 e. The average Bonchev–Trinajstić information content (AvgIpc) is 2.45. The van der Waals surface area contributed by atoms with Gasteiger partial charge in [-0.05, 0) is 55.3 Å². The number of phenolic OH excluding ortho intramolecular Hbond substituents is 1. The normalized spacial score (nSPS) is 10.2. The van der Waals surface area contributed by atoms with Gasteiger partial charge in [-0.15, -0.1) is 0 Å². The minimum absolute atomic E-state index is 0.115. The first-order valence-electron chi connectivity index (χ1n) is 6.47. The molecule has 0 aliphatic carbocycles. The molecule has 0 radical (unpaired) electrons. The minimum Gasteiger partial charge on any atom is -0.507 e. The number of benzene rings is 2. The number of aromatic hydroxyl groups is 1. The first-order valence-corrected chi connectivity index (χ1v) is 6.47. The first-order chi connectivity index (χ1) is 9.92. The summed E-state index contributed by atoms with van der Waals surface area (Å²) in [6.45, 7) is 3.89. The molecule has 0 atom stereocenters. The number of amides is 1. The third kappa shape index (κ3) is 3.08. The summed E-state index contributed by atoms with van der Waals surface area (Å²) in [6, 6.07) is 8.08. The van der Waals surface area contributed by atoms with Gasteiger partial charge in [-0.1, -0.05) is 0 Å². The number of phenols is 1.